The van der Waals surface area contributed by atoms with E-state index in [1.54, 1.807) is 0 Å². The number of piperidine rings is 1. The van der Waals surface area contributed by atoms with Gasteiger partial charge in [0.25, 0.3) is 0 Å². The molecule has 1 saturated heterocycles. The Bertz CT molecular complexity index is 228. The van der Waals surface area contributed by atoms with Crippen LogP contribution < -0.4 is 10.6 Å². The van der Waals surface area contributed by atoms with Gasteiger partial charge in [0, 0.05) is 18.5 Å². The van der Waals surface area contributed by atoms with Crippen molar-refractivity contribution in [2.45, 2.75) is 51.5 Å². The fourth-order valence-electron chi connectivity index (χ4n) is 2.81. The van der Waals surface area contributed by atoms with Gasteiger partial charge in [0.05, 0.1) is 0 Å². The number of hydrogen-bond acceptors (Lipinski definition) is 2. The quantitative estimate of drug-likeness (QED) is 0.766. The first-order valence-corrected chi connectivity index (χ1v) is 6.77. The first-order valence-electron chi connectivity index (χ1n) is 6.77. The van der Waals surface area contributed by atoms with Gasteiger partial charge in [-0.2, -0.15) is 0 Å². The van der Waals surface area contributed by atoms with Crippen molar-refractivity contribution in [3.63, 3.8) is 0 Å². The summed E-state index contributed by atoms with van der Waals surface area (Å²) in [6.45, 7) is 4.16. The third kappa shape index (κ3) is 3.21. The van der Waals surface area contributed by atoms with E-state index in [2.05, 4.69) is 17.6 Å². The zero-order valence-corrected chi connectivity index (χ0v) is 10.3. The second-order valence-corrected chi connectivity index (χ2v) is 5.48. The molecule has 1 amide bonds. The smallest absolute Gasteiger partial charge is 0.223 e. The largest absolute Gasteiger partial charge is 0.356 e. The van der Waals surface area contributed by atoms with Crippen LogP contribution in [-0.4, -0.2) is 25.0 Å². The zero-order chi connectivity index (χ0) is 11.4. The lowest BCUT2D eigenvalue weighted by Crippen LogP contribution is -2.42. The molecule has 0 bridgehead atoms. The van der Waals surface area contributed by atoms with Gasteiger partial charge in [-0.1, -0.05) is 12.8 Å². The van der Waals surface area contributed by atoms with E-state index < -0.39 is 0 Å². The highest BCUT2D eigenvalue weighted by atomic mass is 16.1. The SMILES string of the molecule is CC1CCC(CNC(=O)C2CCCC2)CN1. The van der Waals surface area contributed by atoms with E-state index in [4.69, 9.17) is 0 Å². The number of rotatable bonds is 3. The minimum atomic E-state index is 0.302. The minimum Gasteiger partial charge on any atom is -0.356 e. The van der Waals surface area contributed by atoms with Crippen LogP contribution in [0.15, 0.2) is 0 Å². The van der Waals surface area contributed by atoms with E-state index in [-0.39, 0.29) is 0 Å². The maximum absolute atomic E-state index is 11.8. The van der Waals surface area contributed by atoms with Crippen molar-refractivity contribution in [1.29, 1.82) is 0 Å². The summed E-state index contributed by atoms with van der Waals surface area (Å²) in [6, 6.07) is 0.654. The summed E-state index contributed by atoms with van der Waals surface area (Å²) in [5.74, 6) is 1.26. The Kier molecular flexibility index (Phi) is 4.22. The van der Waals surface area contributed by atoms with E-state index in [0.717, 1.165) is 25.9 Å². The molecule has 0 aromatic rings. The van der Waals surface area contributed by atoms with Crippen molar-refractivity contribution in [2.24, 2.45) is 11.8 Å². The third-order valence-electron chi connectivity index (χ3n) is 4.05. The van der Waals surface area contributed by atoms with Gasteiger partial charge in [-0.3, -0.25) is 4.79 Å². The van der Waals surface area contributed by atoms with Crippen LogP contribution in [0.2, 0.25) is 0 Å². The fourth-order valence-corrected chi connectivity index (χ4v) is 2.81. The number of nitrogens with one attached hydrogen (secondary N) is 2. The van der Waals surface area contributed by atoms with E-state index in [9.17, 15) is 4.79 Å². The summed E-state index contributed by atoms with van der Waals surface area (Å²) < 4.78 is 0. The Hall–Kier alpha value is -0.570. The topological polar surface area (TPSA) is 41.1 Å². The van der Waals surface area contributed by atoms with Gasteiger partial charge in [-0.15, -0.1) is 0 Å². The second-order valence-electron chi connectivity index (χ2n) is 5.48. The van der Waals surface area contributed by atoms with Crippen molar-refractivity contribution < 1.29 is 4.79 Å². The molecule has 2 aliphatic rings. The van der Waals surface area contributed by atoms with Gasteiger partial charge in [-0.05, 0) is 45.1 Å². The molecule has 0 aromatic carbocycles. The molecule has 2 N–H and O–H groups in total. The number of hydrogen-bond donors (Lipinski definition) is 2. The molecular weight excluding hydrogens is 200 g/mol. The summed E-state index contributed by atoms with van der Waals surface area (Å²) in [7, 11) is 0. The Labute approximate surface area is 98.4 Å². The van der Waals surface area contributed by atoms with Crippen LogP contribution in [0.4, 0.5) is 0 Å². The molecule has 0 spiro atoms. The molecule has 1 aliphatic carbocycles. The molecular formula is C13H24N2O. The predicted octanol–water partition coefficient (Wildman–Crippen LogP) is 1.68. The molecule has 1 aliphatic heterocycles. The molecule has 0 aromatic heterocycles. The number of amides is 1. The van der Waals surface area contributed by atoms with E-state index in [1.807, 2.05) is 0 Å². The predicted molar refractivity (Wildman–Crippen MR) is 65.2 cm³/mol. The first-order chi connectivity index (χ1) is 7.75. The van der Waals surface area contributed by atoms with E-state index >= 15 is 0 Å². The lowest BCUT2D eigenvalue weighted by Gasteiger charge is -2.28. The monoisotopic (exact) mass is 224 g/mol. The Morgan fingerprint density at radius 3 is 2.62 bits per heavy atom. The second kappa shape index (κ2) is 5.67. The fraction of sp³-hybridized carbons (Fsp3) is 0.923. The van der Waals surface area contributed by atoms with Crippen LogP contribution in [0.5, 0.6) is 0 Å². The van der Waals surface area contributed by atoms with Crippen LogP contribution in [-0.2, 0) is 4.79 Å². The summed E-state index contributed by atoms with van der Waals surface area (Å²) in [6.07, 6.45) is 7.17. The average Bonchev–Trinajstić information content (AvgIpc) is 2.81. The summed E-state index contributed by atoms with van der Waals surface area (Å²) in [4.78, 5) is 11.8. The van der Waals surface area contributed by atoms with Crippen LogP contribution in [0.3, 0.4) is 0 Å². The molecule has 2 fully saturated rings. The zero-order valence-electron chi connectivity index (χ0n) is 10.3. The molecule has 3 heteroatoms. The van der Waals surface area contributed by atoms with Gasteiger partial charge in [-0.25, -0.2) is 0 Å². The maximum atomic E-state index is 11.8. The maximum Gasteiger partial charge on any atom is 0.223 e. The van der Waals surface area contributed by atoms with Crippen LogP contribution >= 0.6 is 0 Å². The van der Waals surface area contributed by atoms with Gasteiger partial charge in [0.1, 0.15) is 0 Å². The molecule has 2 atom stereocenters. The molecule has 1 heterocycles. The van der Waals surface area contributed by atoms with Crippen LogP contribution in [0, 0.1) is 11.8 Å². The summed E-state index contributed by atoms with van der Waals surface area (Å²) >= 11 is 0. The van der Waals surface area contributed by atoms with Crippen molar-refractivity contribution >= 4 is 5.91 Å². The lowest BCUT2D eigenvalue weighted by atomic mass is 9.95. The lowest BCUT2D eigenvalue weighted by molar-refractivity contribution is -0.125. The Morgan fingerprint density at radius 1 is 1.25 bits per heavy atom. The van der Waals surface area contributed by atoms with E-state index in [0.29, 0.717) is 23.8 Å². The Morgan fingerprint density at radius 2 is 2.00 bits per heavy atom. The standard InChI is InChI=1S/C13H24N2O/c1-10-6-7-11(8-14-10)9-15-13(16)12-4-2-3-5-12/h10-12,14H,2-9H2,1H3,(H,15,16). The highest BCUT2D eigenvalue weighted by Gasteiger charge is 2.24. The minimum absolute atomic E-state index is 0.302. The van der Waals surface area contributed by atoms with Gasteiger partial charge < -0.3 is 10.6 Å². The normalized spacial score (nSPS) is 31.6. The van der Waals surface area contributed by atoms with Crippen molar-refractivity contribution in [3.05, 3.63) is 0 Å². The molecule has 16 heavy (non-hydrogen) atoms. The molecule has 92 valence electrons. The molecule has 2 rings (SSSR count). The first kappa shape index (κ1) is 11.9. The highest BCUT2D eigenvalue weighted by Crippen LogP contribution is 2.24. The molecule has 3 nitrogen and oxygen atoms in total. The van der Waals surface area contributed by atoms with Crippen molar-refractivity contribution in [1.82, 2.24) is 10.6 Å². The summed E-state index contributed by atoms with van der Waals surface area (Å²) in [5, 5.41) is 6.60. The molecule has 1 saturated carbocycles. The number of carbonyl (C=O) groups is 1. The van der Waals surface area contributed by atoms with E-state index in [1.165, 1.54) is 25.7 Å². The van der Waals surface area contributed by atoms with Crippen LogP contribution in [0.25, 0.3) is 0 Å². The van der Waals surface area contributed by atoms with Gasteiger partial charge in [0.2, 0.25) is 5.91 Å². The third-order valence-corrected chi connectivity index (χ3v) is 4.05. The van der Waals surface area contributed by atoms with Crippen LogP contribution in [0.1, 0.15) is 45.4 Å². The summed E-state index contributed by atoms with van der Waals surface area (Å²) in [5.41, 5.74) is 0. The van der Waals surface area contributed by atoms with Gasteiger partial charge >= 0.3 is 0 Å². The molecule has 2 unspecified atom stereocenters. The highest BCUT2D eigenvalue weighted by molar-refractivity contribution is 5.78. The Balaban J connectivity index is 1.65. The van der Waals surface area contributed by atoms with Crippen molar-refractivity contribution in [2.75, 3.05) is 13.1 Å². The number of carbonyl (C=O) groups excluding carboxylic acids is 1. The molecule has 0 radical (unpaired) electrons. The average molecular weight is 224 g/mol. The van der Waals surface area contributed by atoms with Gasteiger partial charge in [0.15, 0.2) is 0 Å². The van der Waals surface area contributed by atoms with Crippen molar-refractivity contribution in [3.8, 4) is 0 Å².